The Bertz CT molecular complexity index is 530. The van der Waals surface area contributed by atoms with Crippen LogP contribution in [0.25, 0.3) is 0 Å². The van der Waals surface area contributed by atoms with E-state index in [1.807, 2.05) is 0 Å². The van der Waals surface area contributed by atoms with Crippen LogP contribution in [0.2, 0.25) is 0 Å². The van der Waals surface area contributed by atoms with Gasteiger partial charge >= 0.3 is 5.51 Å². The molecule has 0 atom stereocenters. The van der Waals surface area contributed by atoms with Crippen LogP contribution in [-0.4, -0.2) is 32.0 Å². The topological polar surface area (TPSA) is 46.2 Å². The fourth-order valence-electron chi connectivity index (χ4n) is 1.62. The Balaban J connectivity index is 2.72. The minimum Gasteiger partial charge on any atom is -0.383 e. The van der Waals surface area contributed by atoms with Gasteiger partial charge in [-0.25, -0.2) is 8.42 Å². The molecule has 8 heteroatoms. The van der Waals surface area contributed by atoms with Gasteiger partial charge in [0, 0.05) is 12.3 Å². The summed E-state index contributed by atoms with van der Waals surface area (Å²) in [5.74, 6) is -0.158. The summed E-state index contributed by atoms with van der Waals surface area (Å²) >= 11 is -0.136. The van der Waals surface area contributed by atoms with Crippen molar-refractivity contribution >= 4 is 27.3 Å². The minimum absolute atomic E-state index is 0.0169. The Kier molecular flexibility index (Phi) is 6.19. The number of halogens is 3. The van der Waals surface area contributed by atoms with Crippen molar-refractivity contribution in [3.05, 3.63) is 24.3 Å². The Hall–Kier alpha value is -0.890. The van der Waals surface area contributed by atoms with Crippen LogP contribution in [-0.2, 0) is 9.84 Å². The van der Waals surface area contributed by atoms with E-state index in [4.69, 9.17) is 0 Å². The molecule has 0 amide bonds. The zero-order valence-corrected chi connectivity index (χ0v) is 12.5. The third kappa shape index (κ3) is 5.62. The molecule has 0 saturated heterocycles. The van der Waals surface area contributed by atoms with Gasteiger partial charge in [0.2, 0.25) is 0 Å². The van der Waals surface area contributed by atoms with E-state index in [-0.39, 0.29) is 34.7 Å². The molecular formula is C12H16F3NO2S2. The number of anilines is 1. The van der Waals surface area contributed by atoms with Crippen LogP contribution in [0.5, 0.6) is 0 Å². The molecule has 20 heavy (non-hydrogen) atoms. The molecule has 0 unspecified atom stereocenters. The second-order valence-corrected chi connectivity index (χ2v) is 7.27. The van der Waals surface area contributed by atoms with Gasteiger partial charge in [0.05, 0.1) is 16.3 Å². The molecule has 0 aliphatic carbocycles. The van der Waals surface area contributed by atoms with Crippen LogP contribution < -0.4 is 5.32 Å². The van der Waals surface area contributed by atoms with Gasteiger partial charge in [-0.1, -0.05) is 19.1 Å². The number of rotatable bonds is 7. The molecule has 0 fully saturated rings. The third-order valence-electron chi connectivity index (χ3n) is 2.38. The van der Waals surface area contributed by atoms with Gasteiger partial charge in [0.25, 0.3) is 0 Å². The van der Waals surface area contributed by atoms with Gasteiger partial charge < -0.3 is 5.32 Å². The molecule has 3 nitrogen and oxygen atoms in total. The predicted molar refractivity (Wildman–Crippen MR) is 75.8 cm³/mol. The molecule has 0 heterocycles. The van der Waals surface area contributed by atoms with Crippen LogP contribution in [0.15, 0.2) is 29.2 Å². The van der Waals surface area contributed by atoms with E-state index in [0.717, 1.165) is 0 Å². The third-order valence-corrected chi connectivity index (χ3v) is 5.09. The average molecular weight is 327 g/mol. The lowest BCUT2D eigenvalue weighted by molar-refractivity contribution is -0.0327. The largest absolute Gasteiger partial charge is 0.441 e. The first kappa shape index (κ1) is 17.2. The molecule has 0 spiro atoms. The van der Waals surface area contributed by atoms with Crippen LogP contribution in [0.4, 0.5) is 18.9 Å². The van der Waals surface area contributed by atoms with Crippen molar-refractivity contribution in [2.45, 2.75) is 23.7 Å². The van der Waals surface area contributed by atoms with Gasteiger partial charge in [-0.2, -0.15) is 13.2 Å². The lowest BCUT2D eigenvalue weighted by atomic mass is 10.3. The van der Waals surface area contributed by atoms with Gasteiger partial charge in [-0.15, -0.1) is 0 Å². The maximum Gasteiger partial charge on any atom is 0.441 e. The molecule has 0 saturated carbocycles. The van der Waals surface area contributed by atoms with E-state index in [9.17, 15) is 21.6 Å². The first-order valence-corrected chi connectivity index (χ1v) is 8.66. The van der Waals surface area contributed by atoms with Crippen LogP contribution in [0, 0.1) is 0 Å². The number of alkyl halides is 3. The smallest absolute Gasteiger partial charge is 0.383 e. The van der Waals surface area contributed by atoms with E-state index in [2.05, 4.69) is 5.32 Å². The van der Waals surface area contributed by atoms with E-state index in [1.165, 1.54) is 6.07 Å². The Morgan fingerprint density at radius 3 is 2.50 bits per heavy atom. The number of hydrogen-bond donors (Lipinski definition) is 1. The monoisotopic (exact) mass is 327 g/mol. The molecular weight excluding hydrogens is 311 g/mol. The summed E-state index contributed by atoms with van der Waals surface area (Å²) in [7, 11) is -3.40. The van der Waals surface area contributed by atoms with Crippen molar-refractivity contribution in [1.29, 1.82) is 0 Å². The number of nitrogens with one attached hydrogen (secondary N) is 1. The summed E-state index contributed by atoms with van der Waals surface area (Å²) in [4.78, 5) is 0.138. The molecule has 0 bridgehead atoms. The summed E-state index contributed by atoms with van der Waals surface area (Å²) < 4.78 is 60.0. The number of benzene rings is 1. The van der Waals surface area contributed by atoms with E-state index < -0.39 is 15.3 Å². The van der Waals surface area contributed by atoms with Crippen LogP contribution >= 0.6 is 11.8 Å². The first-order chi connectivity index (χ1) is 9.26. The SMILES string of the molecule is CCCS(=O)(=O)c1ccccc1NCCSC(F)(F)F. The summed E-state index contributed by atoms with van der Waals surface area (Å²) in [6.07, 6.45) is 0.487. The van der Waals surface area contributed by atoms with Gasteiger partial charge in [-0.05, 0) is 30.3 Å². The van der Waals surface area contributed by atoms with E-state index in [0.29, 0.717) is 12.1 Å². The molecule has 1 N–H and O–H groups in total. The van der Waals surface area contributed by atoms with Gasteiger partial charge in [0.1, 0.15) is 0 Å². The molecule has 0 radical (unpaired) electrons. The molecule has 1 rings (SSSR count). The van der Waals surface area contributed by atoms with Crippen molar-refractivity contribution < 1.29 is 21.6 Å². The van der Waals surface area contributed by atoms with Crippen molar-refractivity contribution in [3.63, 3.8) is 0 Å². The Morgan fingerprint density at radius 2 is 1.90 bits per heavy atom. The predicted octanol–water partition coefficient (Wildman–Crippen LogP) is 3.54. The normalized spacial score (nSPS) is 12.4. The van der Waals surface area contributed by atoms with E-state index in [1.54, 1.807) is 25.1 Å². The summed E-state index contributed by atoms with van der Waals surface area (Å²) in [5.41, 5.74) is -3.92. The second kappa shape index (κ2) is 7.21. The quantitative estimate of drug-likeness (QED) is 0.778. The van der Waals surface area contributed by atoms with Crippen molar-refractivity contribution in [3.8, 4) is 0 Å². The average Bonchev–Trinajstić information content (AvgIpc) is 2.34. The fourth-order valence-corrected chi connectivity index (χ4v) is 3.57. The number of sulfone groups is 1. The zero-order chi connectivity index (χ0) is 15.2. The molecule has 114 valence electrons. The molecule has 0 aliphatic heterocycles. The number of para-hydroxylation sites is 1. The lowest BCUT2D eigenvalue weighted by Gasteiger charge is -2.12. The Labute approximate surface area is 120 Å². The summed E-state index contributed by atoms with van der Waals surface area (Å²) in [6, 6.07) is 6.26. The number of hydrogen-bond acceptors (Lipinski definition) is 4. The van der Waals surface area contributed by atoms with E-state index >= 15 is 0 Å². The molecule has 1 aromatic carbocycles. The highest BCUT2D eigenvalue weighted by atomic mass is 32.2. The summed E-state index contributed by atoms with van der Waals surface area (Å²) in [6.45, 7) is 1.80. The minimum atomic E-state index is -4.27. The highest BCUT2D eigenvalue weighted by Crippen LogP contribution is 2.30. The standard InChI is InChI=1S/C12H16F3NO2S2/c1-2-9-20(17,18)11-6-4-3-5-10(11)16-7-8-19-12(13,14)15/h3-6,16H,2,7-9H2,1H3. The molecule has 0 aromatic heterocycles. The zero-order valence-electron chi connectivity index (χ0n) is 10.9. The van der Waals surface area contributed by atoms with Crippen molar-refractivity contribution in [1.82, 2.24) is 0 Å². The van der Waals surface area contributed by atoms with Crippen molar-refractivity contribution in [2.24, 2.45) is 0 Å². The lowest BCUT2D eigenvalue weighted by Crippen LogP contribution is -2.13. The molecule has 0 aliphatic rings. The van der Waals surface area contributed by atoms with Crippen molar-refractivity contribution in [2.75, 3.05) is 23.4 Å². The highest BCUT2D eigenvalue weighted by molar-refractivity contribution is 8.00. The van der Waals surface area contributed by atoms with Gasteiger partial charge in [0.15, 0.2) is 9.84 Å². The number of thioether (sulfide) groups is 1. The second-order valence-electron chi connectivity index (χ2n) is 4.04. The maximum absolute atomic E-state index is 12.0. The summed E-state index contributed by atoms with van der Waals surface area (Å²) in [5, 5.41) is 2.75. The highest BCUT2D eigenvalue weighted by Gasteiger charge is 2.27. The Morgan fingerprint density at radius 1 is 1.25 bits per heavy atom. The first-order valence-electron chi connectivity index (χ1n) is 6.02. The van der Waals surface area contributed by atoms with Gasteiger partial charge in [-0.3, -0.25) is 0 Å². The van der Waals surface area contributed by atoms with Crippen LogP contribution in [0.1, 0.15) is 13.3 Å². The maximum atomic E-state index is 12.0. The molecule has 1 aromatic rings. The van der Waals surface area contributed by atoms with Crippen LogP contribution in [0.3, 0.4) is 0 Å². The fraction of sp³-hybridized carbons (Fsp3) is 0.500.